The molecule has 0 unspecified atom stereocenters. The van der Waals surface area contributed by atoms with Gasteiger partial charge in [-0.15, -0.1) is 13.2 Å². The highest BCUT2D eigenvalue weighted by Crippen LogP contribution is 2.34. The molecule has 0 aliphatic heterocycles. The molecule has 0 aliphatic rings. The highest BCUT2D eigenvalue weighted by atomic mass is 127. The molecule has 0 fully saturated rings. The van der Waals surface area contributed by atoms with Crippen LogP contribution in [0.15, 0.2) is 6.20 Å². The second kappa shape index (κ2) is 4.91. The van der Waals surface area contributed by atoms with Crippen LogP contribution in [0.3, 0.4) is 0 Å². The van der Waals surface area contributed by atoms with E-state index in [1.54, 1.807) is 0 Å². The van der Waals surface area contributed by atoms with Crippen LogP contribution < -0.4 is 4.74 Å². The van der Waals surface area contributed by atoms with Crippen molar-refractivity contribution in [2.45, 2.75) is 6.36 Å². The number of aromatic carboxylic acids is 1. The number of rotatable bonds is 3. The molecule has 0 saturated heterocycles. The number of hydrogen-bond donors (Lipinski definition) is 1. The second-order valence-electron chi connectivity index (χ2n) is 2.74. The molecule has 0 spiro atoms. The first-order valence-electron chi connectivity index (χ1n) is 3.95. The minimum Gasteiger partial charge on any atom is -0.476 e. The van der Waals surface area contributed by atoms with Crippen molar-refractivity contribution >= 4 is 34.2 Å². The van der Waals surface area contributed by atoms with Crippen molar-refractivity contribution in [3.63, 3.8) is 0 Å². The number of nitrogens with zero attached hydrogens (tertiary/aromatic N) is 2. The van der Waals surface area contributed by atoms with Crippen LogP contribution >= 0.6 is 22.6 Å². The Morgan fingerprint density at radius 3 is 2.50 bits per heavy atom. The molecule has 18 heavy (non-hydrogen) atoms. The second-order valence-corrected chi connectivity index (χ2v) is 3.82. The Labute approximate surface area is 110 Å². The predicted molar refractivity (Wildman–Crippen MR) is 57.3 cm³/mol. The lowest BCUT2D eigenvalue weighted by molar-refractivity contribution is -0.386. The Bertz CT molecular complexity index is 519. The van der Waals surface area contributed by atoms with Gasteiger partial charge in [0, 0.05) is 0 Å². The molecule has 0 amide bonds. The molecule has 0 radical (unpaired) electrons. The summed E-state index contributed by atoms with van der Waals surface area (Å²) in [4.78, 5) is 23.2. The van der Waals surface area contributed by atoms with Crippen molar-refractivity contribution < 1.29 is 32.7 Å². The number of alkyl halides is 3. The lowest BCUT2D eigenvalue weighted by atomic mass is 10.3. The molecule has 0 saturated carbocycles. The molecule has 1 rings (SSSR count). The van der Waals surface area contributed by atoms with Gasteiger partial charge in [-0.25, -0.2) is 9.78 Å². The van der Waals surface area contributed by atoms with E-state index in [0.717, 1.165) is 0 Å². The number of ether oxygens (including phenoxy) is 1. The van der Waals surface area contributed by atoms with Crippen LogP contribution in [0.5, 0.6) is 5.75 Å². The Kier molecular flexibility index (Phi) is 3.93. The molecule has 11 heteroatoms. The van der Waals surface area contributed by atoms with E-state index in [4.69, 9.17) is 5.11 Å². The molecule has 1 N–H and O–H groups in total. The van der Waals surface area contributed by atoms with Crippen molar-refractivity contribution in [1.82, 2.24) is 4.98 Å². The Morgan fingerprint density at radius 1 is 1.56 bits per heavy atom. The maximum absolute atomic E-state index is 12.0. The summed E-state index contributed by atoms with van der Waals surface area (Å²) in [6.45, 7) is 0. The van der Waals surface area contributed by atoms with Crippen LogP contribution in [0.1, 0.15) is 10.5 Å². The van der Waals surface area contributed by atoms with Gasteiger partial charge in [-0.3, -0.25) is 10.1 Å². The van der Waals surface area contributed by atoms with Crippen LogP contribution in [-0.4, -0.2) is 27.3 Å². The van der Waals surface area contributed by atoms with E-state index in [0.29, 0.717) is 6.20 Å². The van der Waals surface area contributed by atoms with Gasteiger partial charge in [0.15, 0.2) is 5.75 Å². The first kappa shape index (κ1) is 14.4. The topological polar surface area (TPSA) is 103 Å². The number of nitro groups is 1. The van der Waals surface area contributed by atoms with Crippen molar-refractivity contribution in [2.24, 2.45) is 0 Å². The fourth-order valence-corrected chi connectivity index (χ4v) is 1.68. The molecule has 1 heterocycles. The van der Waals surface area contributed by atoms with Gasteiger partial charge in [-0.2, -0.15) is 0 Å². The van der Waals surface area contributed by atoms with Gasteiger partial charge >= 0.3 is 18.0 Å². The minimum atomic E-state index is -5.06. The fraction of sp³-hybridized carbons (Fsp3) is 0.143. The number of hydrogen-bond acceptors (Lipinski definition) is 5. The van der Waals surface area contributed by atoms with E-state index < -0.39 is 38.0 Å². The summed E-state index contributed by atoms with van der Waals surface area (Å²) >= 11 is 1.19. The summed E-state index contributed by atoms with van der Waals surface area (Å²) in [5.41, 5.74) is -2.01. The van der Waals surface area contributed by atoms with Crippen LogP contribution in [0.4, 0.5) is 18.9 Å². The highest BCUT2D eigenvalue weighted by Gasteiger charge is 2.35. The van der Waals surface area contributed by atoms with Crippen LogP contribution in [0.25, 0.3) is 0 Å². The van der Waals surface area contributed by atoms with Crippen molar-refractivity contribution in [2.75, 3.05) is 0 Å². The predicted octanol–water partition coefficient (Wildman–Crippen LogP) is 2.19. The third-order valence-electron chi connectivity index (χ3n) is 1.57. The van der Waals surface area contributed by atoms with Gasteiger partial charge < -0.3 is 9.84 Å². The zero-order chi connectivity index (χ0) is 14.1. The average molecular weight is 378 g/mol. The standard InChI is InChI=1S/C7H2F3IN2O5/c8-7(9,10)18-2-1-12-4(6(14)15)5(3(2)11)13(16)17/h1H,(H,14,15). The zero-order valence-corrected chi connectivity index (χ0v) is 10.2. The van der Waals surface area contributed by atoms with E-state index in [9.17, 15) is 28.1 Å². The summed E-state index contributed by atoms with van der Waals surface area (Å²) in [5, 5.41) is 19.3. The van der Waals surface area contributed by atoms with Crippen molar-refractivity contribution in [1.29, 1.82) is 0 Å². The normalized spacial score (nSPS) is 11.1. The Balaban J connectivity index is 3.40. The lowest BCUT2D eigenvalue weighted by Crippen LogP contribution is -2.19. The van der Waals surface area contributed by atoms with E-state index >= 15 is 0 Å². The van der Waals surface area contributed by atoms with E-state index in [1.165, 1.54) is 22.6 Å². The Morgan fingerprint density at radius 2 is 2.11 bits per heavy atom. The lowest BCUT2D eigenvalue weighted by Gasteiger charge is -2.10. The highest BCUT2D eigenvalue weighted by molar-refractivity contribution is 14.1. The molecular formula is C7H2F3IN2O5. The first-order valence-corrected chi connectivity index (χ1v) is 5.03. The SMILES string of the molecule is O=C(O)c1ncc(OC(F)(F)F)c(I)c1[N+](=O)[O-]. The van der Waals surface area contributed by atoms with Gasteiger partial charge in [0.1, 0.15) is 3.57 Å². The number of carbonyl (C=O) groups is 1. The first-order chi connectivity index (χ1) is 8.13. The van der Waals surface area contributed by atoms with Crippen molar-refractivity contribution in [3.8, 4) is 5.75 Å². The summed E-state index contributed by atoms with van der Waals surface area (Å²) in [7, 11) is 0. The van der Waals surface area contributed by atoms with Crippen LogP contribution in [0.2, 0.25) is 0 Å². The maximum Gasteiger partial charge on any atom is 0.573 e. The summed E-state index contributed by atoms with van der Waals surface area (Å²) in [5.74, 6) is -2.65. The van der Waals surface area contributed by atoms with Gasteiger partial charge in [-0.1, -0.05) is 0 Å². The number of carboxylic acid groups (broad SMARTS) is 1. The largest absolute Gasteiger partial charge is 0.573 e. The summed E-state index contributed by atoms with van der Waals surface area (Å²) < 4.78 is 38.8. The molecule has 1 aromatic rings. The quantitative estimate of drug-likeness (QED) is 0.492. The van der Waals surface area contributed by atoms with Gasteiger partial charge in [0.25, 0.3) is 0 Å². The molecular weight excluding hydrogens is 376 g/mol. The van der Waals surface area contributed by atoms with E-state index in [1.807, 2.05) is 0 Å². The summed E-state index contributed by atoms with van der Waals surface area (Å²) in [6, 6.07) is 0. The molecule has 0 bridgehead atoms. The van der Waals surface area contributed by atoms with Crippen LogP contribution in [-0.2, 0) is 0 Å². The molecule has 1 aromatic heterocycles. The van der Waals surface area contributed by atoms with Gasteiger partial charge in [-0.05, 0) is 22.6 Å². The maximum atomic E-state index is 12.0. The third kappa shape index (κ3) is 3.18. The zero-order valence-electron chi connectivity index (χ0n) is 8.06. The molecule has 0 atom stereocenters. The number of aromatic nitrogens is 1. The minimum absolute atomic E-state index is 0.464. The third-order valence-corrected chi connectivity index (χ3v) is 2.61. The summed E-state index contributed by atoms with van der Waals surface area (Å²) in [6.07, 6.45) is -4.59. The molecule has 7 nitrogen and oxygen atoms in total. The van der Waals surface area contributed by atoms with Gasteiger partial charge in [0.2, 0.25) is 5.69 Å². The number of halogens is 4. The van der Waals surface area contributed by atoms with Crippen molar-refractivity contribution in [3.05, 3.63) is 25.6 Å². The molecule has 98 valence electrons. The van der Waals surface area contributed by atoms with Gasteiger partial charge in [0.05, 0.1) is 11.1 Å². The number of carboxylic acids is 1. The fourth-order valence-electron chi connectivity index (χ4n) is 0.981. The van der Waals surface area contributed by atoms with Crippen LogP contribution in [0, 0.1) is 13.7 Å². The van der Waals surface area contributed by atoms with E-state index in [2.05, 4.69) is 9.72 Å². The molecule has 0 aliphatic carbocycles. The molecule has 0 aromatic carbocycles. The number of pyridine rings is 1. The van der Waals surface area contributed by atoms with E-state index in [-0.39, 0.29) is 0 Å². The average Bonchev–Trinajstić information content (AvgIpc) is 2.17. The smallest absolute Gasteiger partial charge is 0.476 e. The monoisotopic (exact) mass is 378 g/mol. The Hall–Kier alpha value is -1.66.